The van der Waals surface area contributed by atoms with Crippen molar-refractivity contribution in [2.24, 2.45) is 10.8 Å². The van der Waals surface area contributed by atoms with E-state index in [1.54, 1.807) is 65.8 Å². The monoisotopic (exact) mass is 732 g/mol. The van der Waals surface area contributed by atoms with Gasteiger partial charge in [0.1, 0.15) is 23.3 Å². The number of Topliss-reactive ketones (excluding diaryl/α,β-unsaturated/α-hetero) is 2. The lowest BCUT2D eigenvalue weighted by atomic mass is 9.86. The highest BCUT2D eigenvalue weighted by Gasteiger charge is 2.40. The third-order valence-electron chi connectivity index (χ3n) is 7.48. The predicted octanol–water partition coefficient (Wildman–Crippen LogP) is 6.58. The lowest BCUT2D eigenvalue weighted by Gasteiger charge is -2.31. The topological polar surface area (TPSA) is 163 Å². The van der Waals surface area contributed by atoms with Crippen LogP contribution in [0.3, 0.4) is 0 Å². The minimum Gasteiger partial charge on any atom is -0.456 e. The predicted molar refractivity (Wildman–Crippen MR) is 188 cm³/mol. The Bertz CT molecular complexity index is 1470. The van der Waals surface area contributed by atoms with Gasteiger partial charge in [-0.25, -0.2) is 19.2 Å². The normalized spacial score (nSPS) is 13.2. The zero-order valence-corrected chi connectivity index (χ0v) is 31.4. The van der Waals surface area contributed by atoms with Crippen molar-refractivity contribution >= 4 is 35.7 Å². The molecule has 2 N–H and O–H groups in total. The van der Waals surface area contributed by atoms with Crippen molar-refractivity contribution in [3.63, 3.8) is 0 Å². The summed E-state index contributed by atoms with van der Waals surface area (Å²) in [4.78, 5) is 75.9. The van der Waals surface area contributed by atoms with E-state index in [2.05, 4.69) is 10.6 Å². The standard InChI is InChI=1S/C38H50F2N2O10/c1-35(2,3)51-33(47)41-29(37(7,8)21-39)31(45)49-19-27(43)25-15-11-23(12-16-25)24-13-17-26(18-14-24)28(44)20-50-32(46)30(38(9,10)22-40)42-34(48)52-36(4,5)6/h11-18,29-30H,19-22H2,1-10H3,(H,41,47)(H,42,48)/t29-,30?/m1/s1. The smallest absolute Gasteiger partial charge is 0.408 e. The quantitative estimate of drug-likeness (QED) is 0.116. The van der Waals surface area contributed by atoms with Gasteiger partial charge in [-0.3, -0.25) is 18.4 Å². The molecule has 0 spiro atoms. The number of ketones is 2. The molecule has 0 bridgehead atoms. The van der Waals surface area contributed by atoms with E-state index in [1.807, 2.05) is 0 Å². The summed E-state index contributed by atoms with van der Waals surface area (Å²) in [6.07, 6.45) is -1.87. The summed E-state index contributed by atoms with van der Waals surface area (Å²) < 4.78 is 48.2. The molecule has 0 saturated carbocycles. The molecule has 2 aromatic carbocycles. The molecule has 2 aromatic rings. The van der Waals surface area contributed by atoms with Crippen LogP contribution in [-0.4, -0.2) is 85.5 Å². The van der Waals surface area contributed by atoms with Crippen LogP contribution < -0.4 is 10.6 Å². The molecule has 0 aliphatic carbocycles. The zero-order chi connectivity index (χ0) is 39.7. The molecule has 0 heterocycles. The first-order valence-electron chi connectivity index (χ1n) is 16.6. The van der Waals surface area contributed by atoms with E-state index in [-0.39, 0.29) is 11.1 Å². The fourth-order valence-corrected chi connectivity index (χ4v) is 4.46. The number of nitrogens with one attached hydrogen (secondary N) is 2. The van der Waals surface area contributed by atoms with Gasteiger partial charge in [-0.1, -0.05) is 76.2 Å². The van der Waals surface area contributed by atoms with Gasteiger partial charge in [-0.2, -0.15) is 0 Å². The summed E-state index contributed by atoms with van der Waals surface area (Å²) in [5.74, 6) is -3.07. The molecule has 0 aromatic heterocycles. The molecule has 0 saturated heterocycles. The Kier molecular flexibility index (Phi) is 14.6. The first kappa shape index (κ1) is 43.3. The number of carbonyl (C=O) groups is 6. The van der Waals surface area contributed by atoms with Gasteiger partial charge in [0.15, 0.2) is 24.8 Å². The van der Waals surface area contributed by atoms with Crippen LogP contribution in [0.25, 0.3) is 11.1 Å². The number of esters is 2. The Morgan fingerprint density at radius 3 is 1.08 bits per heavy atom. The lowest BCUT2D eigenvalue weighted by Crippen LogP contribution is -2.53. The van der Waals surface area contributed by atoms with Gasteiger partial charge in [-0.05, 0) is 52.7 Å². The molecular formula is C38H50F2N2O10. The van der Waals surface area contributed by atoms with Crippen LogP contribution in [-0.2, 0) is 28.5 Å². The molecule has 1 unspecified atom stereocenters. The van der Waals surface area contributed by atoms with Gasteiger partial charge in [-0.15, -0.1) is 0 Å². The van der Waals surface area contributed by atoms with E-state index < -0.39 is 96.4 Å². The Labute approximate surface area is 303 Å². The summed E-state index contributed by atoms with van der Waals surface area (Å²) in [5, 5.41) is 4.68. The molecule has 14 heteroatoms. The van der Waals surface area contributed by atoms with Crippen molar-refractivity contribution in [1.29, 1.82) is 0 Å². The highest BCUT2D eigenvalue weighted by Crippen LogP contribution is 2.25. The fraction of sp³-hybridized carbons (Fsp3) is 0.526. The van der Waals surface area contributed by atoms with Crippen LogP contribution in [0, 0.1) is 10.8 Å². The van der Waals surface area contributed by atoms with Gasteiger partial charge >= 0.3 is 24.1 Å². The van der Waals surface area contributed by atoms with Gasteiger partial charge in [0.25, 0.3) is 0 Å². The molecule has 286 valence electrons. The molecular weight excluding hydrogens is 682 g/mol. The molecule has 0 aliphatic heterocycles. The maximum absolute atomic E-state index is 13.8. The lowest BCUT2D eigenvalue weighted by molar-refractivity contribution is -0.149. The van der Waals surface area contributed by atoms with Gasteiger partial charge in [0.2, 0.25) is 0 Å². The molecule has 2 rings (SSSR count). The van der Waals surface area contributed by atoms with Gasteiger partial charge < -0.3 is 29.6 Å². The van der Waals surface area contributed by atoms with Crippen molar-refractivity contribution in [2.45, 2.75) is 92.5 Å². The molecule has 0 fully saturated rings. The average molecular weight is 733 g/mol. The van der Waals surface area contributed by atoms with Crippen molar-refractivity contribution in [1.82, 2.24) is 10.6 Å². The van der Waals surface area contributed by atoms with E-state index in [1.165, 1.54) is 52.0 Å². The molecule has 0 radical (unpaired) electrons. The van der Waals surface area contributed by atoms with Crippen LogP contribution in [0.1, 0.15) is 90.0 Å². The third kappa shape index (κ3) is 13.3. The van der Waals surface area contributed by atoms with E-state index in [9.17, 15) is 37.5 Å². The number of ether oxygens (including phenoxy) is 4. The number of amides is 2. The Morgan fingerprint density at radius 2 is 0.827 bits per heavy atom. The fourth-order valence-electron chi connectivity index (χ4n) is 4.46. The maximum Gasteiger partial charge on any atom is 0.408 e. The molecule has 12 nitrogen and oxygen atoms in total. The highest BCUT2D eigenvalue weighted by atomic mass is 19.1. The molecule has 0 aliphatic rings. The van der Waals surface area contributed by atoms with Crippen molar-refractivity contribution in [3.05, 3.63) is 59.7 Å². The summed E-state index contributed by atoms with van der Waals surface area (Å²) in [6, 6.07) is 9.84. The number of rotatable bonds is 15. The second kappa shape index (κ2) is 17.6. The molecule has 2 atom stereocenters. The van der Waals surface area contributed by atoms with Crippen molar-refractivity contribution in [2.75, 3.05) is 26.6 Å². The van der Waals surface area contributed by atoms with Crippen molar-refractivity contribution < 1.29 is 56.5 Å². The van der Waals surface area contributed by atoms with E-state index in [0.717, 1.165) is 0 Å². The number of benzene rings is 2. The molecule has 2 amide bonds. The summed E-state index contributed by atoms with van der Waals surface area (Å²) in [6.45, 7) is 12.3. The van der Waals surface area contributed by atoms with E-state index in [4.69, 9.17) is 18.9 Å². The van der Waals surface area contributed by atoms with Crippen LogP contribution in [0.2, 0.25) is 0 Å². The summed E-state index contributed by atoms with van der Waals surface area (Å²) in [7, 11) is 0. The first-order chi connectivity index (χ1) is 23.9. The largest absolute Gasteiger partial charge is 0.456 e. The Morgan fingerprint density at radius 1 is 0.538 bits per heavy atom. The third-order valence-corrected chi connectivity index (χ3v) is 7.48. The number of carbonyl (C=O) groups excluding carboxylic acids is 6. The van der Waals surface area contributed by atoms with E-state index >= 15 is 0 Å². The Balaban J connectivity index is 2.03. The minimum atomic E-state index is -1.42. The number of halogens is 2. The zero-order valence-electron chi connectivity index (χ0n) is 31.4. The van der Waals surface area contributed by atoms with Crippen LogP contribution in [0.5, 0.6) is 0 Å². The number of hydrogen-bond donors (Lipinski definition) is 2. The first-order valence-corrected chi connectivity index (χ1v) is 16.6. The average Bonchev–Trinajstić information content (AvgIpc) is 3.05. The summed E-state index contributed by atoms with van der Waals surface area (Å²) in [5.41, 5.74) is -2.59. The second-order valence-electron chi connectivity index (χ2n) is 15.6. The minimum absolute atomic E-state index is 0.224. The summed E-state index contributed by atoms with van der Waals surface area (Å²) >= 11 is 0. The molecule has 52 heavy (non-hydrogen) atoms. The van der Waals surface area contributed by atoms with Crippen LogP contribution in [0.4, 0.5) is 18.4 Å². The number of alkyl halides is 2. The Hall–Kier alpha value is -4.88. The maximum atomic E-state index is 13.8. The van der Waals surface area contributed by atoms with Gasteiger partial charge in [0, 0.05) is 22.0 Å². The number of hydrogen-bond acceptors (Lipinski definition) is 10. The SMILES string of the molecule is CC(C)(C)OC(=O)NC(C(=O)OCC(=O)c1ccc(-c2ccc(C(=O)COC(=O)[C@@H](NC(=O)OC(C)(C)C)C(C)(C)CF)cc2)cc1)C(C)(C)CF. The van der Waals surface area contributed by atoms with Crippen LogP contribution >= 0.6 is 0 Å². The van der Waals surface area contributed by atoms with Crippen LogP contribution in [0.15, 0.2) is 48.5 Å². The van der Waals surface area contributed by atoms with E-state index in [0.29, 0.717) is 11.1 Å². The van der Waals surface area contributed by atoms with Gasteiger partial charge in [0.05, 0.1) is 13.3 Å². The second-order valence-corrected chi connectivity index (χ2v) is 15.6. The van der Waals surface area contributed by atoms with Crippen molar-refractivity contribution in [3.8, 4) is 11.1 Å². The number of alkyl carbamates (subject to hydrolysis) is 2. The highest BCUT2D eigenvalue weighted by molar-refractivity contribution is 6.00.